The van der Waals surface area contributed by atoms with Crippen molar-refractivity contribution in [1.29, 1.82) is 0 Å². The number of nitrogens with zero attached hydrogens (tertiary/aromatic N) is 2. The standard InChI is InChI=1S/C25H27N3O7S/c1-32-19-12-14-20(15-13-19)36(30,31)28(21-9-5-6-10-22(21)33-2)17-24(29)27-26-16-18-8-7-11-23(34-3)25(18)35-4/h5-16H,17H2,1-4H3,(H,27,29)/b26-16-. The van der Waals surface area contributed by atoms with Gasteiger partial charge in [-0.05, 0) is 48.5 Å². The summed E-state index contributed by atoms with van der Waals surface area (Å²) in [7, 11) is 1.75. The van der Waals surface area contributed by atoms with Crippen molar-refractivity contribution in [2.45, 2.75) is 4.90 Å². The van der Waals surface area contributed by atoms with Crippen molar-refractivity contribution in [3.8, 4) is 23.0 Å². The fraction of sp³-hybridized carbons (Fsp3) is 0.200. The average molecular weight is 514 g/mol. The average Bonchev–Trinajstić information content (AvgIpc) is 2.91. The molecule has 0 fully saturated rings. The summed E-state index contributed by atoms with van der Waals surface area (Å²) >= 11 is 0. The lowest BCUT2D eigenvalue weighted by Gasteiger charge is -2.25. The van der Waals surface area contributed by atoms with Crippen molar-refractivity contribution in [3.05, 3.63) is 72.3 Å². The molecule has 3 aromatic carbocycles. The quantitative estimate of drug-likeness (QED) is 0.309. The highest BCUT2D eigenvalue weighted by atomic mass is 32.2. The number of hydrazone groups is 1. The van der Waals surface area contributed by atoms with Crippen LogP contribution in [-0.2, 0) is 14.8 Å². The van der Waals surface area contributed by atoms with E-state index in [9.17, 15) is 13.2 Å². The van der Waals surface area contributed by atoms with Gasteiger partial charge in [-0.2, -0.15) is 5.10 Å². The maximum absolute atomic E-state index is 13.6. The van der Waals surface area contributed by atoms with Crippen molar-refractivity contribution in [2.24, 2.45) is 5.10 Å². The second kappa shape index (κ2) is 11.9. The number of para-hydroxylation sites is 3. The number of benzene rings is 3. The van der Waals surface area contributed by atoms with E-state index in [1.165, 1.54) is 58.9 Å². The van der Waals surface area contributed by atoms with Crippen LogP contribution in [0.4, 0.5) is 5.69 Å². The third kappa shape index (κ3) is 5.87. The lowest BCUT2D eigenvalue weighted by Crippen LogP contribution is -2.39. The summed E-state index contributed by atoms with van der Waals surface area (Å²) < 4.78 is 49.2. The van der Waals surface area contributed by atoms with Crippen LogP contribution in [-0.4, -0.2) is 55.5 Å². The van der Waals surface area contributed by atoms with Gasteiger partial charge >= 0.3 is 0 Å². The molecule has 3 rings (SSSR count). The van der Waals surface area contributed by atoms with Gasteiger partial charge in [-0.25, -0.2) is 13.8 Å². The number of carbonyl (C=O) groups is 1. The number of amides is 1. The second-order valence-electron chi connectivity index (χ2n) is 7.23. The first-order chi connectivity index (χ1) is 17.3. The Morgan fingerprint density at radius 2 is 1.53 bits per heavy atom. The van der Waals surface area contributed by atoms with Crippen molar-refractivity contribution in [2.75, 3.05) is 39.3 Å². The number of hydrogen-bond acceptors (Lipinski definition) is 8. The SMILES string of the molecule is COc1ccc(S(=O)(=O)N(CC(=O)N/N=C\c2cccc(OC)c2OC)c2ccccc2OC)cc1. The van der Waals surface area contributed by atoms with E-state index in [-0.39, 0.29) is 16.3 Å². The second-order valence-corrected chi connectivity index (χ2v) is 9.10. The first-order valence-corrected chi connectivity index (χ1v) is 12.1. The molecule has 0 aliphatic carbocycles. The molecule has 0 unspecified atom stereocenters. The third-order valence-electron chi connectivity index (χ3n) is 5.11. The largest absolute Gasteiger partial charge is 0.497 e. The first-order valence-electron chi connectivity index (χ1n) is 10.7. The lowest BCUT2D eigenvalue weighted by atomic mass is 10.2. The molecule has 0 atom stereocenters. The van der Waals surface area contributed by atoms with Crippen LogP contribution in [0, 0.1) is 0 Å². The zero-order valence-corrected chi connectivity index (χ0v) is 21.1. The number of anilines is 1. The Labute approximate surface area is 210 Å². The molecule has 1 amide bonds. The highest BCUT2D eigenvalue weighted by molar-refractivity contribution is 7.92. The predicted molar refractivity (Wildman–Crippen MR) is 136 cm³/mol. The summed E-state index contributed by atoms with van der Waals surface area (Å²) in [4.78, 5) is 12.8. The molecule has 10 nitrogen and oxygen atoms in total. The van der Waals surface area contributed by atoms with Crippen LogP contribution in [0.15, 0.2) is 76.7 Å². The molecule has 0 spiro atoms. The van der Waals surface area contributed by atoms with Crippen molar-refractivity contribution >= 4 is 27.8 Å². The molecule has 0 bridgehead atoms. The van der Waals surface area contributed by atoms with E-state index in [1.807, 2.05) is 0 Å². The Morgan fingerprint density at radius 1 is 0.861 bits per heavy atom. The zero-order valence-electron chi connectivity index (χ0n) is 20.3. The van der Waals surface area contributed by atoms with Crippen LogP contribution in [0.2, 0.25) is 0 Å². The van der Waals surface area contributed by atoms with Gasteiger partial charge in [0.1, 0.15) is 18.0 Å². The molecule has 0 heterocycles. The molecule has 0 saturated heterocycles. The van der Waals surface area contributed by atoms with Crippen LogP contribution in [0.3, 0.4) is 0 Å². The van der Waals surface area contributed by atoms with Crippen molar-refractivity contribution < 1.29 is 32.2 Å². The normalized spacial score (nSPS) is 11.1. The summed E-state index contributed by atoms with van der Waals surface area (Å²) in [5, 5.41) is 3.96. The molecule has 1 N–H and O–H groups in total. The molecule has 11 heteroatoms. The fourth-order valence-corrected chi connectivity index (χ4v) is 4.80. The molecular weight excluding hydrogens is 486 g/mol. The van der Waals surface area contributed by atoms with Gasteiger partial charge < -0.3 is 18.9 Å². The number of hydrogen-bond donors (Lipinski definition) is 1. The van der Waals surface area contributed by atoms with Gasteiger partial charge in [0.25, 0.3) is 15.9 Å². The minimum atomic E-state index is -4.16. The van der Waals surface area contributed by atoms with Crippen molar-refractivity contribution in [1.82, 2.24) is 5.43 Å². The number of rotatable bonds is 11. The fourth-order valence-electron chi connectivity index (χ4n) is 3.36. The molecule has 0 saturated carbocycles. The van der Waals surface area contributed by atoms with Gasteiger partial charge in [-0.1, -0.05) is 18.2 Å². The third-order valence-corrected chi connectivity index (χ3v) is 6.89. The highest BCUT2D eigenvalue weighted by Gasteiger charge is 2.29. The smallest absolute Gasteiger partial charge is 0.264 e. The monoisotopic (exact) mass is 513 g/mol. The van der Waals surface area contributed by atoms with E-state index < -0.39 is 22.5 Å². The van der Waals surface area contributed by atoms with Gasteiger partial charge in [0, 0.05) is 5.56 Å². The Balaban J connectivity index is 1.89. The summed E-state index contributed by atoms with van der Waals surface area (Å²) in [6, 6.07) is 17.6. The van der Waals surface area contributed by atoms with Crippen LogP contribution in [0.25, 0.3) is 0 Å². The Bertz CT molecular complexity index is 1330. The molecular formula is C25H27N3O7S. The van der Waals surface area contributed by atoms with Gasteiger partial charge in [-0.15, -0.1) is 0 Å². The molecule has 3 aromatic rings. The summed E-state index contributed by atoms with van der Waals surface area (Å²) in [6.45, 7) is -0.554. The number of carbonyl (C=O) groups excluding carboxylic acids is 1. The lowest BCUT2D eigenvalue weighted by molar-refractivity contribution is -0.119. The highest BCUT2D eigenvalue weighted by Crippen LogP contribution is 2.32. The Kier molecular flexibility index (Phi) is 8.74. The molecule has 0 aliphatic heterocycles. The van der Waals surface area contributed by atoms with Gasteiger partial charge in [-0.3, -0.25) is 9.10 Å². The predicted octanol–water partition coefficient (Wildman–Crippen LogP) is 3.07. The molecule has 0 aromatic heterocycles. The van der Waals surface area contributed by atoms with Gasteiger partial charge in [0.15, 0.2) is 11.5 Å². The van der Waals surface area contributed by atoms with Crippen LogP contribution >= 0.6 is 0 Å². The Hall–Kier alpha value is -4.25. The topological polar surface area (TPSA) is 116 Å². The number of nitrogens with one attached hydrogen (secondary N) is 1. The summed E-state index contributed by atoms with van der Waals surface area (Å²) in [5.74, 6) is 1.05. The van der Waals surface area contributed by atoms with E-state index in [4.69, 9.17) is 18.9 Å². The van der Waals surface area contributed by atoms with E-state index in [1.54, 1.807) is 42.5 Å². The minimum absolute atomic E-state index is 0.0216. The van der Waals surface area contributed by atoms with Crippen molar-refractivity contribution in [3.63, 3.8) is 0 Å². The number of ether oxygens (including phenoxy) is 4. The molecule has 36 heavy (non-hydrogen) atoms. The first kappa shape index (κ1) is 26.4. The molecule has 190 valence electrons. The molecule has 0 aliphatic rings. The van der Waals surface area contributed by atoms with E-state index >= 15 is 0 Å². The maximum atomic E-state index is 13.6. The summed E-state index contributed by atoms with van der Waals surface area (Å²) in [5.41, 5.74) is 3.13. The zero-order chi connectivity index (χ0) is 26.1. The number of sulfonamides is 1. The minimum Gasteiger partial charge on any atom is -0.497 e. The van der Waals surface area contributed by atoms with Gasteiger partial charge in [0.2, 0.25) is 0 Å². The number of methoxy groups -OCH3 is 4. The van der Waals surface area contributed by atoms with E-state index in [0.29, 0.717) is 22.8 Å². The van der Waals surface area contributed by atoms with Gasteiger partial charge in [0.05, 0.1) is 45.2 Å². The molecule has 0 radical (unpaired) electrons. The maximum Gasteiger partial charge on any atom is 0.264 e. The van der Waals surface area contributed by atoms with Crippen LogP contribution < -0.4 is 28.7 Å². The van der Waals surface area contributed by atoms with E-state index in [2.05, 4.69) is 10.5 Å². The Morgan fingerprint density at radius 3 is 2.17 bits per heavy atom. The van der Waals surface area contributed by atoms with E-state index in [0.717, 1.165) is 4.31 Å². The van der Waals surface area contributed by atoms with Crippen LogP contribution in [0.1, 0.15) is 5.56 Å². The van der Waals surface area contributed by atoms with Crippen LogP contribution in [0.5, 0.6) is 23.0 Å². The summed E-state index contributed by atoms with van der Waals surface area (Å²) in [6.07, 6.45) is 1.38.